The number of carbonyl (C=O) groups excluding carboxylic acids is 1. The van der Waals surface area contributed by atoms with Crippen LogP contribution in [0.15, 0.2) is 12.4 Å². The summed E-state index contributed by atoms with van der Waals surface area (Å²) >= 11 is 0. The molecule has 0 aliphatic heterocycles. The molecule has 100 valence electrons. The fourth-order valence-corrected chi connectivity index (χ4v) is 2.20. The van der Waals surface area contributed by atoms with Gasteiger partial charge in [-0.1, -0.05) is 6.92 Å². The molecule has 7 heteroatoms. The van der Waals surface area contributed by atoms with Gasteiger partial charge in [-0.3, -0.25) is 4.79 Å². The monoisotopic (exact) mass is 272 g/mol. The molecule has 0 aromatic carbocycles. The van der Waals surface area contributed by atoms with Crippen LogP contribution in [0.4, 0.5) is 0 Å². The minimum Gasteiger partial charge on any atom is -0.481 e. The molecule has 0 atom stereocenters. The summed E-state index contributed by atoms with van der Waals surface area (Å²) in [5.74, 6) is 0.233. The average Bonchev–Trinajstić information content (AvgIpc) is 2.38. The third-order valence-corrected chi connectivity index (χ3v) is 4.23. The van der Waals surface area contributed by atoms with E-state index in [1.165, 1.54) is 19.5 Å². The highest BCUT2D eigenvalue weighted by Crippen LogP contribution is 2.09. The molecule has 1 aromatic heterocycles. The SMILES string of the molecule is CCS(=O)(=O)CCCC(=O)c1cc(OC)ncn1. The summed E-state index contributed by atoms with van der Waals surface area (Å²) < 4.78 is 27.4. The van der Waals surface area contributed by atoms with E-state index in [2.05, 4.69) is 9.97 Å². The molecule has 0 fully saturated rings. The lowest BCUT2D eigenvalue weighted by atomic mass is 10.2. The maximum atomic E-state index is 11.7. The Hall–Kier alpha value is -1.50. The van der Waals surface area contributed by atoms with Crippen LogP contribution in [0, 0.1) is 0 Å². The van der Waals surface area contributed by atoms with Crippen molar-refractivity contribution in [3.63, 3.8) is 0 Å². The van der Waals surface area contributed by atoms with Crippen LogP contribution in [0.5, 0.6) is 5.88 Å². The number of ether oxygens (including phenoxy) is 1. The van der Waals surface area contributed by atoms with Crippen LogP contribution in [0.1, 0.15) is 30.3 Å². The predicted octanol–water partition coefficient (Wildman–Crippen LogP) is 0.883. The standard InChI is InChI=1S/C11H16N2O4S/c1-3-18(15,16)6-4-5-10(14)9-7-11(17-2)13-8-12-9/h7-8H,3-6H2,1-2H3. The summed E-state index contributed by atoms with van der Waals surface area (Å²) in [6.07, 6.45) is 1.70. The predicted molar refractivity (Wildman–Crippen MR) is 66.5 cm³/mol. The Morgan fingerprint density at radius 1 is 1.39 bits per heavy atom. The molecule has 0 amide bonds. The van der Waals surface area contributed by atoms with Gasteiger partial charge in [-0.15, -0.1) is 0 Å². The van der Waals surface area contributed by atoms with E-state index in [0.29, 0.717) is 12.3 Å². The van der Waals surface area contributed by atoms with Gasteiger partial charge in [0.25, 0.3) is 0 Å². The molecule has 1 aromatic rings. The first-order chi connectivity index (χ1) is 8.48. The van der Waals surface area contributed by atoms with Crippen molar-refractivity contribution in [2.45, 2.75) is 19.8 Å². The van der Waals surface area contributed by atoms with E-state index in [1.54, 1.807) is 6.92 Å². The fraction of sp³-hybridized carbons (Fsp3) is 0.545. The summed E-state index contributed by atoms with van der Waals surface area (Å²) in [5.41, 5.74) is 0.246. The highest BCUT2D eigenvalue weighted by atomic mass is 32.2. The van der Waals surface area contributed by atoms with Crippen LogP contribution in [0.25, 0.3) is 0 Å². The maximum Gasteiger partial charge on any atom is 0.216 e. The number of hydrogen-bond donors (Lipinski definition) is 0. The summed E-state index contributed by atoms with van der Waals surface area (Å²) in [4.78, 5) is 19.4. The van der Waals surface area contributed by atoms with Crippen molar-refractivity contribution < 1.29 is 17.9 Å². The number of sulfone groups is 1. The van der Waals surface area contributed by atoms with Crippen LogP contribution in [-0.2, 0) is 9.84 Å². The Morgan fingerprint density at radius 2 is 2.11 bits per heavy atom. The van der Waals surface area contributed by atoms with Crippen LogP contribution in [0.2, 0.25) is 0 Å². The largest absolute Gasteiger partial charge is 0.481 e. The third kappa shape index (κ3) is 4.40. The zero-order valence-corrected chi connectivity index (χ0v) is 11.2. The maximum absolute atomic E-state index is 11.7. The minimum absolute atomic E-state index is 0.0253. The van der Waals surface area contributed by atoms with Gasteiger partial charge in [-0.05, 0) is 6.42 Å². The van der Waals surface area contributed by atoms with Gasteiger partial charge in [0.1, 0.15) is 21.9 Å². The summed E-state index contributed by atoms with van der Waals surface area (Å²) in [6.45, 7) is 1.59. The van der Waals surface area contributed by atoms with Crippen molar-refractivity contribution in [2.75, 3.05) is 18.6 Å². The molecular formula is C11H16N2O4S. The normalized spacial score (nSPS) is 11.2. The molecular weight excluding hydrogens is 256 g/mol. The van der Waals surface area contributed by atoms with E-state index < -0.39 is 9.84 Å². The molecule has 6 nitrogen and oxygen atoms in total. The number of carbonyl (C=O) groups is 1. The van der Waals surface area contributed by atoms with Gasteiger partial charge in [0, 0.05) is 18.2 Å². The zero-order chi connectivity index (χ0) is 13.6. The van der Waals surface area contributed by atoms with Gasteiger partial charge in [0.05, 0.1) is 12.9 Å². The van der Waals surface area contributed by atoms with E-state index >= 15 is 0 Å². The van der Waals surface area contributed by atoms with Gasteiger partial charge < -0.3 is 4.74 Å². The Bertz CT molecular complexity index is 514. The summed E-state index contributed by atoms with van der Waals surface area (Å²) in [7, 11) is -1.57. The second-order valence-electron chi connectivity index (χ2n) is 3.71. The van der Waals surface area contributed by atoms with E-state index in [9.17, 15) is 13.2 Å². The van der Waals surface area contributed by atoms with Crippen LogP contribution in [0.3, 0.4) is 0 Å². The molecule has 1 heterocycles. The molecule has 18 heavy (non-hydrogen) atoms. The van der Waals surface area contributed by atoms with Crippen molar-refractivity contribution >= 4 is 15.6 Å². The molecule has 0 aliphatic carbocycles. The topological polar surface area (TPSA) is 86.2 Å². The Labute approximate surface area is 106 Å². The molecule has 0 aliphatic rings. The highest BCUT2D eigenvalue weighted by Gasteiger charge is 2.12. The highest BCUT2D eigenvalue weighted by molar-refractivity contribution is 7.91. The second kappa shape index (κ2) is 6.44. The quantitative estimate of drug-likeness (QED) is 0.685. The molecule has 0 saturated heterocycles. The van der Waals surface area contributed by atoms with Gasteiger partial charge in [0.2, 0.25) is 5.88 Å². The smallest absolute Gasteiger partial charge is 0.216 e. The first-order valence-electron chi connectivity index (χ1n) is 5.58. The van der Waals surface area contributed by atoms with Gasteiger partial charge in [0.15, 0.2) is 5.78 Å². The minimum atomic E-state index is -3.02. The number of hydrogen-bond acceptors (Lipinski definition) is 6. The lowest BCUT2D eigenvalue weighted by Gasteiger charge is -2.02. The van der Waals surface area contributed by atoms with Gasteiger partial charge in [-0.25, -0.2) is 18.4 Å². The molecule has 0 unspecified atom stereocenters. The first-order valence-corrected chi connectivity index (χ1v) is 7.40. The van der Waals surface area contributed by atoms with E-state index in [0.717, 1.165) is 0 Å². The van der Waals surface area contributed by atoms with Crippen LogP contribution >= 0.6 is 0 Å². The summed E-state index contributed by atoms with van der Waals surface area (Å²) in [6, 6.07) is 1.44. The lowest BCUT2D eigenvalue weighted by Crippen LogP contribution is -2.11. The Morgan fingerprint density at radius 3 is 2.72 bits per heavy atom. The van der Waals surface area contributed by atoms with E-state index in [1.807, 2.05) is 0 Å². The third-order valence-electron chi connectivity index (χ3n) is 2.44. The van der Waals surface area contributed by atoms with Gasteiger partial charge >= 0.3 is 0 Å². The van der Waals surface area contributed by atoms with Crippen molar-refractivity contribution in [3.05, 3.63) is 18.1 Å². The van der Waals surface area contributed by atoms with E-state index in [-0.39, 0.29) is 29.4 Å². The molecule has 0 bridgehead atoms. The molecule has 1 rings (SSSR count). The number of rotatable bonds is 7. The fourth-order valence-electron chi connectivity index (χ4n) is 1.33. The second-order valence-corrected chi connectivity index (χ2v) is 6.18. The number of aromatic nitrogens is 2. The summed E-state index contributed by atoms with van der Waals surface area (Å²) in [5, 5.41) is 0. The average molecular weight is 272 g/mol. The van der Waals surface area contributed by atoms with Crippen molar-refractivity contribution in [1.82, 2.24) is 9.97 Å². The molecule has 0 radical (unpaired) electrons. The van der Waals surface area contributed by atoms with Crippen LogP contribution in [-0.4, -0.2) is 42.8 Å². The number of ketones is 1. The zero-order valence-electron chi connectivity index (χ0n) is 10.4. The van der Waals surface area contributed by atoms with Crippen molar-refractivity contribution in [3.8, 4) is 5.88 Å². The van der Waals surface area contributed by atoms with Crippen molar-refractivity contribution in [2.24, 2.45) is 0 Å². The number of Topliss-reactive ketones (excluding diaryl/α,β-unsaturated/α-hetero) is 1. The lowest BCUT2D eigenvalue weighted by molar-refractivity contribution is 0.0976. The number of nitrogens with zero attached hydrogens (tertiary/aromatic N) is 2. The first kappa shape index (κ1) is 14.6. The molecule has 0 saturated carbocycles. The van der Waals surface area contributed by atoms with Crippen LogP contribution < -0.4 is 4.74 Å². The number of methoxy groups -OCH3 is 1. The van der Waals surface area contributed by atoms with E-state index in [4.69, 9.17) is 4.74 Å². The van der Waals surface area contributed by atoms with Crippen molar-refractivity contribution in [1.29, 1.82) is 0 Å². The molecule has 0 N–H and O–H groups in total. The Balaban J connectivity index is 2.55. The Kier molecular flexibility index (Phi) is 5.21. The molecule has 0 spiro atoms. The van der Waals surface area contributed by atoms with Gasteiger partial charge in [-0.2, -0.15) is 0 Å².